The largest absolute Gasteiger partial charge is 0.493 e. The van der Waals surface area contributed by atoms with Crippen LogP contribution in [0.2, 0.25) is 0 Å². The number of hydrogen-bond acceptors (Lipinski definition) is 8. The number of carbonyl (C=O) groups excluding carboxylic acids is 2. The van der Waals surface area contributed by atoms with Gasteiger partial charge in [0, 0.05) is 38.0 Å². The number of hydrogen-bond donors (Lipinski definition) is 3. The molecule has 2 aromatic rings. The standard InChI is InChI=1S/C35H48N4O6/c1-22(40)38-27-14-12-23-19-31(43-2)34(44-3)35(45-4)33(23)25-13-15-28(30(41)20-26(25)27)36-16-7-11-32(42)37-21-24-9-8-18-39-17-6-5-10-29(24)39/h13,15,19-20,24,27,29H,5-12,14,16-18,21H2,1-4H3,(H,36,41)(H,37,42)(H,38,40). The summed E-state index contributed by atoms with van der Waals surface area (Å²) in [4.78, 5) is 41.0. The third-order valence-corrected chi connectivity index (χ3v) is 9.60. The van der Waals surface area contributed by atoms with Crippen molar-refractivity contribution in [3.8, 4) is 28.4 Å². The van der Waals surface area contributed by atoms with E-state index in [1.165, 1.54) is 52.1 Å². The quantitative estimate of drug-likeness (QED) is 0.316. The number of nitrogens with zero attached hydrogens (tertiary/aromatic N) is 1. The number of benzene rings is 1. The van der Waals surface area contributed by atoms with Gasteiger partial charge in [0.15, 0.2) is 11.5 Å². The predicted octanol–water partition coefficient (Wildman–Crippen LogP) is 4.44. The lowest BCUT2D eigenvalue weighted by molar-refractivity contribution is -0.121. The molecular formula is C35H48N4O6. The van der Waals surface area contributed by atoms with E-state index in [-0.39, 0.29) is 23.3 Å². The molecule has 2 aliphatic heterocycles. The van der Waals surface area contributed by atoms with Gasteiger partial charge in [0.2, 0.25) is 23.0 Å². The van der Waals surface area contributed by atoms with E-state index >= 15 is 0 Å². The van der Waals surface area contributed by atoms with Crippen LogP contribution in [0.25, 0.3) is 11.1 Å². The number of amides is 2. The maximum Gasteiger partial charge on any atom is 0.220 e. The summed E-state index contributed by atoms with van der Waals surface area (Å²) in [5.41, 5.74) is 3.53. The van der Waals surface area contributed by atoms with Gasteiger partial charge in [0.25, 0.3) is 0 Å². The Hall–Kier alpha value is -3.79. The molecule has 3 N–H and O–H groups in total. The highest BCUT2D eigenvalue weighted by Crippen LogP contribution is 2.50. The Kier molecular flexibility index (Phi) is 10.9. The van der Waals surface area contributed by atoms with E-state index in [9.17, 15) is 14.4 Å². The molecule has 2 aromatic carbocycles. The Morgan fingerprint density at radius 3 is 2.51 bits per heavy atom. The zero-order valence-electron chi connectivity index (χ0n) is 27.1. The molecule has 0 spiro atoms. The number of aryl methyl sites for hydroxylation is 1. The van der Waals surface area contributed by atoms with E-state index in [1.54, 1.807) is 33.5 Å². The summed E-state index contributed by atoms with van der Waals surface area (Å²) in [6, 6.07) is 7.46. The van der Waals surface area contributed by atoms with Gasteiger partial charge in [-0.25, -0.2) is 0 Å². The van der Waals surface area contributed by atoms with Gasteiger partial charge in [-0.2, -0.15) is 0 Å². The van der Waals surface area contributed by atoms with Crippen molar-refractivity contribution in [2.45, 2.75) is 76.8 Å². The summed E-state index contributed by atoms with van der Waals surface area (Å²) in [6.45, 7) is 5.10. The monoisotopic (exact) mass is 620 g/mol. The molecule has 0 saturated carbocycles. The van der Waals surface area contributed by atoms with Crippen molar-refractivity contribution in [2.75, 3.05) is 52.8 Å². The lowest BCUT2D eigenvalue weighted by Crippen LogP contribution is -2.51. The lowest BCUT2D eigenvalue weighted by Gasteiger charge is -2.44. The van der Waals surface area contributed by atoms with Gasteiger partial charge < -0.3 is 35.1 Å². The maximum absolute atomic E-state index is 13.5. The van der Waals surface area contributed by atoms with Crippen molar-refractivity contribution in [1.82, 2.24) is 15.5 Å². The molecule has 3 atom stereocenters. The van der Waals surface area contributed by atoms with Gasteiger partial charge in [-0.15, -0.1) is 0 Å². The Labute approximate surface area is 266 Å². The molecule has 10 heteroatoms. The molecule has 1 aliphatic carbocycles. The number of methoxy groups -OCH3 is 3. The molecule has 10 nitrogen and oxygen atoms in total. The molecule has 2 saturated heterocycles. The summed E-state index contributed by atoms with van der Waals surface area (Å²) < 4.78 is 17.1. The molecule has 244 valence electrons. The van der Waals surface area contributed by atoms with E-state index in [1.807, 2.05) is 12.1 Å². The van der Waals surface area contributed by atoms with E-state index < -0.39 is 0 Å². The molecular weight excluding hydrogens is 572 g/mol. The van der Waals surface area contributed by atoms with E-state index in [0.717, 1.165) is 23.2 Å². The van der Waals surface area contributed by atoms with Crippen molar-refractivity contribution >= 4 is 17.5 Å². The fourth-order valence-corrected chi connectivity index (χ4v) is 7.47. The molecule has 0 bridgehead atoms. The highest BCUT2D eigenvalue weighted by atomic mass is 16.5. The summed E-state index contributed by atoms with van der Waals surface area (Å²) in [6.07, 6.45) is 8.45. The van der Waals surface area contributed by atoms with Crippen LogP contribution >= 0.6 is 0 Å². The summed E-state index contributed by atoms with van der Waals surface area (Å²) in [7, 11) is 4.73. The van der Waals surface area contributed by atoms with Crippen LogP contribution in [0.1, 0.15) is 75.5 Å². The van der Waals surface area contributed by atoms with Crippen molar-refractivity contribution in [3.63, 3.8) is 0 Å². The van der Waals surface area contributed by atoms with E-state index in [4.69, 9.17) is 14.2 Å². The number of nitrogens with one attached hydrogen (secondary N) is 3. The van der Waals surface area contributed by atoms with Crippen LogP contribution < -0.4 is 35.6 Å². The van der Waals surface area contributed by atoms with Crippen LogP contribution in [0, 0.1) is 5.92 Å². The summed E-state index contributed by atoms with van der Waals surface area (Å²) in [5.74, 6) is 1.96. The van der Waals surface area contributed by atoms with Crippen molar-refractivity contribution in [2.24, 2.45) is 5.92 Å². The second-order valence-corrected chi connectivity index (χ2v) is 12.4. The van der Waals surface area contributed by atoms with E-state index in [0.29, 0.717) is 72.7 Å². The van der Waals surface area contributed by atoms with Gasteiger partial charge in [0.1, 0.15) is 0 Å². The smallest absolute Gasteiger partial charge is 0.220 e. The number of anilines is 1. The van der Waals surface area contributed by atoms with Crippen molar-refractivity contribution < 1.29 is 23.8 Å². The minimum absolute atomic E-state index is 0.0589. The number of rotatable bonds is 11. The van der Waals surface area contributed by atoms with Crippen LogP contribution in [0.3, 0.4) is 0 Å². The van der Waals surface area contributed by atoms with Crippen LogP contribution in [-0.4, -0.2) is 70.3 Å². The molecule has 3 unspecified atom stereocenters. The zero-order valence-corrected chi connectivity index (χ0v) is 27.1. The maximum atomic E-state index is 13.5. The Morgan fingerprint density at radius 2 is 1.76 bits per heavy atom. The molecule has 2 heterocycles. The van der Waals surface area contributed by atoms with Gasteiger partial charge in [-0.05, 0) is 98.8 Å². The molecule has 2 amide bonds. The predicted molar refractivity (Wildman–Crippen MR) is 175 cm³/mol. The van der Waals surface area contributed by atoms with Gasteiger partial charge >= 0.3 is 0 Å². The Balaban J connectivity index is 1.30. The SMILES string of the molecule is COc1cc2c(c(OC)c1OC)-c1ccc(NCCCC(=O)NCC3CCCN4CCCCC34)c(=O)cc1C(NC(C)=O)CC2. The highest BCUT2D eigenvalue weighted by Gasteiger charge is 2.33. The first-order valence-electron chi connectivity index (χ1n) is 16.4. The van der Waals surface area contributed by atoms with E-state index in [2.05, 4.69) is 20.9 Å². The average molecular weight is 621 g/mol. The van der Waals surface area contributed by atoms with Crippen LogP contribution in [-0.2, 0) is 16.0 Å². The minimum atomic E-state index is -0.368. The van der Waals surface area contributed by atoms with Gasteiger partial charge in [-0.3, -0.25) is 14.4 Å². The Bertz CT molecular complexity index is 1440. The molecule has 5 rings (SSSR count). The first-order valence-corrected chi connectivity index (χ1v) is 16.4. The lowest BCUT2D eigenvalue weighted by atomic mass is 9.83. The second kappa shape index (κ2) is 15.0. The number of fused-ring (bicyclic) bond motifs is 4. The molecule has 0 radical (unpaired) electrons. The highest BCUT2D eigenvalue weighted by molar-refractivity contribution is 5.83. The van der Waals surface area contributed by atoms with Crippen LogP contribution in [0.4, 0.5) is 5.69 Å². The Morgan fingerprint density at radius 1 is 0.956 bits per heavy atom. The van der Waals surface area contributed by atoms with Crippen molar-refractivity contribution in [1.29, 1.82) is 0 Å². The minimum Gasteiger partial charge on any atom is -0.493 e. The van der Waals surface area contributed by atoms with Crippen LogP contribution in [0.15, 0.2) is 29.1 Å². The number of ether oxygens (including phenoxy) is 3. The fourth-order valence-electron chi connectivity index (χ4n) is 7.47. The van der Waals surface area contributed by atoms with Gasteiger partial charge in [0.05, 0.1) is 33.1 Å². The topological polar surface area (TPSA) is 118 Å². The third kappa shape index (κ3) is 7.38. The normalized spacial score (nSPS) is 20.8. The third-order valence-electron chi connectivity index (χ3n) is 9.60. The molecule has 0 aromatic heterocycles. The van der Waals surface area contributed by atoms with Crippen molar-refractivity contribution in [3.05, 3.63) is 45.6 Å². The molecule has 2 fully saturated rings. The summed E-state index contributed by atoms with van der Waals surface area (Å²) in [5, 5.41) is 9.47. The number of piperidine rings is 2. The molecule has 45 heavy (non-hydrogen) atoms. The number of carbonyl (C=O) groups is 2. The molecule has 3 aliphatic rings. The first-order chi connectivity index (χ1) is 21.8. The second-order valence-electron chi connectivity index (χ2n) is 12.4. The van der Waals surface area contributed by atoms with Gasteiger partial charge in [-0.1, -0.05) is 12.5 Å². The van der Waals surface area contributed by atoms with Crippen LogP contribution in [0.5, 0.6) is 17.2 Å². The summed E-state index contributed by atoms with van der Waals surface area (Å²) >= 11 is 0. The fraction of sp³-hybridized carbons (Fsp3) is 0.571. The first kappa shape index (κ1) is 32.6. The zero-order chi connectivity index (χ0) is 31.9. The average Bonchev–Trinajstić information content (AvgIpc) is 3.29.